The summed E-state index contributed by atoms with van der Waals surface area (Å²) in [5.41, 5.74) is 2.10. The SMILES string of the molecule is CC/C=C\C/C=C\C/C=C\C/C=C\C/C=C\C/C=C\CCCCCCC(=O)OCC1OC(OC2CCC3(C)C(=CCC4C3CCC3(C)C(C(C)CCC(CC)C(C)C)CCC43)C2)C(O)C(O)C1O. The fourth-order valence-corrected chi connectivity index (χ4v) is 13.5. The van der Waals surface area contributed by atoms with Crippen molar-refractivity contribution in [3.8, 4) is 0 Å². The number of allylic oxidation sites excluding steroid dienone is 13. The highest BCUT2D eigenvalue weighted by Crippen LogP contribution is 2.67. The Kier molecular flexibility index (Phi) is 24.1. The van der Waals surface area contributed by atoms with Crippen LogP contribution in [0, 0.1) is 52.3 Å². The Morgan fingerprint density at radius 2 is 1.37 bits per heavy atom. The molecule has 5 rings (SSSR count). The number of fused-ring (bicyclic) bond motifs is 5. The zero-order valence-corrected chi connectivity index (χ0v) is 44.0. The molecule has 0 aromatic rings. The molecule has 0 bridgehead atoms. The first-order valence-electron chi connectivity index (χ1n) is 27.9. The average Bonchev–Trinajstić information content (AvgIpc) is 3.69. The summed E-state index contributed by atoms with van der Waals surface area (Å²) in [4.78, 5) is 12.7. The molecule has 0 amide bonds. The van der Waals surface area contributed by atoms with Crippen LogP contribution in [0.15, 0.2) is 84.6 Å². The van der Waals surface area contributed by atoms with Gasteiger partial charge in [-0.1, -0.05) is 159 Å². The lowest BCUT2D eigenvalue weighted by atomic mass is 9.47. The van der Waals surface area contributed by atoms with Crippen LogP contribution in [0.25, 0.3) is 0 Å². The Morgan fingerprint density at radius 1 is 0.735 bits per heavy atom. The number of rotatable bonds is 28. The third-order valence-corrected chi connectivity index (χ3v) is 17.8. The van der Waals surface area contributed by atoms with Crippen LogP contribution in [-0.4, -0.2) is 64.7 Å². The molecule has 14 unspecified atom stereocenters. The van der Waals surface area contributed by atoms with Crippen molar-refractivity contribution in [1.82, 2.24) is 0 Å². The predicted octanol–water partition coefficient (Wildman–Crippen LogP) is 14.4. The maximum atomic E-state index is 12.7. The second-order valence-corrected chi connectivity index (χ2v) is 22.5. The molecule has 68 heavy (non-hydrogen) atoms. The van der Waals surface area contributed by atoms with Gasteiger partial charge in [0.05, 0.1) is 6.10 Å². The lowest BCUT2D eigenvalue weighted by Gasteiger charge is -2.58. The number of ether oxygens (including phenoxy) is 3. The van der Waals surface area contributed by atoms with E-state index in [2.05, 4.69) is 127 Å². The summed E-state index contributed by atoms with van der Waals surface area (Å²) in [6.07, 6.45) is 47.1. The normalized spacial score (nSPS) is 34.1. The van der Waals surface area contributed by atoms with Crippen molar-refractivity contribution in [3.05, 3.63) is 84.6 Å². The van der Waals surface area contributed by atoms with Gasteiger partial charge in [0.1, 0.15) is 31.0 Å². The maximum absolute atomic E-state index is 12.7. The summed E-state index contributed by atoms with van der Waals surface area (Å²) in [7, 11) is 0. The Hall–Kier alpha value is -2.55. The van der Waals surface area contributed by atoms with Crippen molar-refractivity contribution in [3.63, 3.8) is 0 Å². The summed E-state index contributed by atoms with van der Waals surface area (Å²) in [6.45, 7) is 16.9. The number of hydrogen-bond donors (Lipinski definition) is 3. The Balaban J connectivity index is 0.954. The molecule has 3 saturated carbocycles. The summed E-state index contributed by atoms with van der Waals surface area (Å²) in [6, 6.07) is 0. The first kappa shape index (κ1) is 56.4. The van der Waals surface area contributed by atoms with Crippen LogP contribution in [-0.2, 0) is 19.0 Å². The molecule has 1 aliphatic heterocycles. The van der Waals surface area contributed by atoms with Gasteiger partial charge in [0.15, 0.2) is 6.29 Å². The molecule has 4 aliphatic carbocycles. The van der Waals surface area contributed by atoms with E-state index >= 15 is 0 Å². The largest absolute Gasteiger partial charge is 0.463 e. The number of hydrogen-bond acceptors (Lipinski definition) is 7. The Labute approximate surface area is 415 Å². The van der Waals surface area contributed by atoms with E-state index in [-0.39, 0.29) is 24.1 Å². The molecule has 0 aromatic carbocycles. The van der Waals surface area contributed by atoms with Crippen LogP contribution >= 0.6 is 0 Å². The molecule has 7 heteroatoms. The fourth-order valence-electron chi connectivity index (χ4n) is 13.5. The van der Waals surface area contributed by atoms with Gasteiger partial charge in [-0.05, 0) is 168 Å². The monoisotopic (exact) mass is 943 g/mol. The topological polar surface area (TPSA) is 105 Å². The molecule has 5 aliphatic rings. The number of carbonyl (C=O) groups excluding carboxylic acids is 1. The van der Waals surface area contributed by atoms with E-state index in [1.165, 1.54) is 50.5 Å². The molecular formula is C61H98O7. The van der Waals surface area contributed by atoms with Crippen molar-refractivity contribution < 1.29 is 34.3 Å². The highest BCUT2D eigenvalue weighted by Gasteiger charge is 2.59. The fraction of sp³-hybridized carbons (Fsp3) is 0.754. The second kappa shape index (κ2) is 29.1. The summed E-state index contributed by atoms with van der Waals surface area (Å²) in [5.74, 6) is 5.15. The Bertz CT molecular complexity index is 1690. The number of esters is 1. The molecule has 0 aromatic heterocycles. The lowest BCUT2D eigenvalue weighted by molar-refractivity contribution is -0.313. The molecule has 14 atom stereocenters. The van der Waals surface area contributed by atoms with Crippen molar-refractivity contribution in [2.24, 2.45) is 52.3 Å². The third kappa shape index (κ3) is 16.0. The van der Waals surface area contributed by atoms with Gasteiger partial charge in [0.2, 0.25) is 0 Å². The zero-order valence-electron chi connectivity index (χ0n) is 44.0. The number of carbonyl (C=O) groups is 1. The maximum Gasteiger partial charge on any atom is 0.305 e. The van der Waals surface area contributed by atoms with Gasteiger partial charge < -0.3 is 29.5 Å². The van der Waals surface area contributed by atoms with Crippen molar-refractivity contribution in [2.75, 3.05) is 6.61 Å². The number of aliphatic hydroxyl groups excluding tert-OH is 3. The molecule has 4 fully saturated rings. The molecule has 7 nitrogen and oxygen atoms in total. The van der Waals surface area contributed by atoms with E-state index in [0.717, 1.165) is 132 Å². The minimum absolute atomic E-state index is 0.154. The predicted molar refractivity (Wildman–Crippen MR) is 281 cm³/mol. The van der Waals surface area contributed by atoms with E-state index < -0.39 is 30.7 Å². The van der Waals surface area contributed by atoms with Gasteiger partial charge in [-0.15, -0.1) is 0 Å². The standard InChI is InChI=1S/C61H98O7/c1-8-10-11-12-13-14-15-16-17-18-19-20-21-22-23-24-25-26-27-28-29-30-31-32-55(62)66-44-54-56(63)57(64)58(65)59(68-54)67-49-39-41-60(6)48(43-49)35-36-50-52-38-37-51(61(52,7)42-40-53(50)60)46(5)33-34-47(9-2)45(3)4/h10-11,13-14,16-17,19-20,22-23,25-26,35,45-47,49-54,56-59,63-65H,8-9,12,15,18,21,24,27-34,36-44H2,1-7H3/b11-10-,14-13-,17-16-,20-19-,23-22-,26-25-. The lowest BCUT2D eigenvalue weighted by Crippen LogP contribution is -2.60. The van der Waals surface area contributed by atoms with Gasteiger partial charge in [-0.2, -0.15) is 0 Å². The molecular weight excluding hydrogens is 845 g/mol. The van der Waals surface area contributed by atoms with Gasteiger partial charge >= 0.3 is 5.97 Å². The average molecular weight is 943 g/mol. The smallest absolute Gasteiger partial charge is 0.305 e. The van der Waals surface area contributed by atoms with Crippen molar-refractivity contribution in [1.29, 1.82) is 0 Å². The second-order valence-electron chi connectivity index (χ2n) is 22.5. The first-order valence-corrected chi connectivity index (χ1v) is 27.9. The first-order chi connectivity index (χ1) is 32.8. The van der Waals surface area contributed by atoms with Crippen LogP contribution in [0.4, 0.5) is 0 Å². The molecule has 1 saturated heterocycles. The third-order valence-electron chi connectivity index (χ3n) is 17.8. The summed E-state index contributed by atoms with van der Waals surface area (Å²) >= 11 is 0. The van der Waals surface area contributed by atoms with Crippen LogP contribution < -0.4 is 0 Å². The summed E-state index contributed by atoms with van der Waals surface area (Å²) in [5, 5.41) is 32.6. The van der Waals surface area contributed by atoms with E-state index in [4.69, 9.17) is 14.2 Å². The molecule has 3 N–H and O–H groups in total. The molecule has 0 radical (unpaired) electrons. The highest BCUT2D eigenvalue weighted by molar-refractivity contribution is 5.69. The van der Waals surface area contributed by atoms with Crippen LogP contribution in [0.5, 0.6) is 0 Å². The minimum Gasteiger partial charge on any atom is -0.463 e. The number of unbranched alkanes of at least 4 members (excludes halogenated alkanes) is 4. The van der Waals surface area contributed by atoms with E-state index in [1.807, 2.05) is 0 Å². The summed E-state index contributed by atoms with van der Waals surface area (Å²) < 4.78 is 18.1. The zero-order chi connectivity index (χ0) is 48.9. The minimum atomic E-state index is -1.46. The van der Waals surface area contributed by atoms with Crippen molar-refractivity contribution >= 4 is 5.97 Å². The molecule has 1 heterocycles. The molecule has 0 spiro atoms. The van der Waals surface area contributed by atoms with Gasteiger partial charge in [0, 0.05) is 6.42 Å². The van der Waals surface area contributed by atoms with E-state index in [9.17, 15) is 20.1 Å². The quantitative estimate of drug-likeness (QED) is 0.0408. The molecule has 384 valence electrons. The van der Waals surface area contributed by atoms with Gasteiger partial charge in [0.25, 0.3) is 0 Å². The van der Waals surface area contributed by atoms with E-state index in [0.29, 0.717) is 17.8 Å². The van der Waals surface area contributed by atoms with Gasteiger partial charge in [-0.3, -0.25) is 4.79 Å². The van der Waals surface area contributed by atoms with E-state index in [1.54, 1.807) is 0 Å². The number of aliphatic hydroxyl groups is 3. The van der Waals surface area contributed by atoms with Crippen LogP contribution in [0.2, 0.25) is 0 Å². The van der Waals surface area contributed by atoms with Crippen LogP contribution in [0.1, 0.15) is 196 Å². The van der Waals surface area contributed by atoms with Crippen molar-refractivity contribution in [2.45, 2.75) is 233 Å². The Morgan fingerprint density at radius 3 is 2.00 bits per heavy atom. The van der Waals surface area contributed by atoms with Gasteiger partial charge in [-0.25, -0.2) is 0 Å². The van der Waals surface area contributed by atoms with Crippen LogP contribution in [0.3, 0.4) is 0 Å². The highest BCUT2D eigenvalue weighted by atomic mass is 16.7.